The van der Waals surface area contributed by atoms with E-state index in [1.54, 1.807) is 18.2 Å². The molecule has 6 aliphatic heterocycles. The third-order valence-corrected chi connectivity index (χ3v) is 13.6. The molecule has 1 spiro atoms. The number of piperidine rings is 3. The Kier molecular flexibility index (Phi) is 9.54. The largest absolute Gasteiger partial charge is 0.371 e. The minimum absolute atomic E-state index is 0.0131. The highest BCUT2D eigenvalue weighted by atomic mass is 19.3. The van der Waals surface area contributed by atoms with Gasteiger partial charge in [0, 0.05) is 86.8 Å². The van der Waals surface area contributed by atoms with Gasteiger partial charge >= 0.3 is 0 Å². The molecule has 5 amide bonds. The average Bonchev–Trinajstić information content (AvgIpc) is 3.87. The Bertz CT molecular complexity index is 2210. The Morgan fingerprint density at radius 2 is 1.50 bits per heavy atom. The van der Waals surface area contributed by atoms with Gasteiger partial charge in [0.25, 0.3) is 24.1 Å². The molecule has 58 heavy (non-hydrogen) atoms. The molecule has 3 aromatic carbocycles. The van der Waals surface area contributed by atoms with Crippen molar-refractivity contribution >= 4 is 40.9 Å². The summed E-state index contributed by atoms with van der Waals surface area (Å²) in [5, 5.41) is 11.5. The van der Waals surface area contributed by atoms with Gasteiger partial charge in [-0.25, -0.2) is 8.78 Å². The van der Waals surface area contributed by atoms with E-state index in [4.69, 9.17) is 0 Å². The molecule has 0 saturated carbocycles. The number of likely N-dealkylation sites (tertiary alicyclic amines) is 1. The molecule has 4 fully saturated rings. The molecule has 3 aromatic rings. The van der Waals surface area contributed by atoms with Crippen molar-refractivity contribution < 1.29 is 32.8 Å². The molecule has 300 valence electrons. The van der Waals surface area contributed by atoms with Crippen molar-refractivity contribution in [3.8, 4) is 6.07 Å². The number of fused-ring (bicyclic) bond motifs is 2. The van der Waals surface area contributed by atoms with Crippen molar-refractivity contribution in [3.05, 3.63) is 93.5 Å². The first-order valence-electron chi connectivity index (χ1n) is 20.3. The molecule has 9 rings (SSSR count). The maximum Gasteiger partial charge on any atom is 0.265 e. The van der Waals surface area contributed by atoms with Gasteiger partial charge in [-0.3, -0.25) is 39.1 Å². The number of alkyl halides is 2. The smallest absolute Gasteiger partial charge is 0.265 e. The van der Waals surface area contributed by atoms with Crippen LogP contribution in [0.5, 0.6) is 0 Å². The Balaban J connectivity index is 0.766. The van der Waals surface area contributed by atoms with Crippen LogP contribution in [0, 0.1) is 16.7 Å². The zero-order valence-electron chi connectivity index (χ0n) is 32.4. The first-order valence-corrected chi connectivity index (χ1v) is 20.3. The summed E-state index contributed by atoms with van der Waals surface area (Å²) in [6.45, 7) is 7.20. The summed E-state index contributed by atoms with van der Waals surface area (Å²) < 4.78 is 27.4. The van der Waals surface area contributed by atoms with Crippen molar-refractivity contribution in [2.24, 2.45) is 5.41 Å². The quantitative estimate of drug-likeness (QED) is 0.326. The Morgan fingerprint density at radius 3 is 2.10 bits per heavy atom. The average molecular weight is 790 g/mol. The van der Waals surface area contributed by atoms with E-state index >= 15 is 0 Å². The molecule has 0 radical (unpaired) electrons. The van der Waals surface area contributed by atoms with Crippen molar-refractivity contribution in [2.75, 3.05) is 42.5 Å². The summed E-state index contributed by atoms with van der Waals surface area (Å²) >= 11 is 0. The molecule has 0 aromatic heterocycles. The minimum atomic E-state index is -2.70. The third kappa shape index (κ3) is 6.59. The van der Waals surface area contributed by atoms with Crippen LogP contribution in [0.15, 0.2) is 54.6 Å². The fraction of sp³-hybridized carbons (Fsp3) is 0.455. The lowest BCUT2D eigenvalue weighted by atomic mass is 9.76. The Hall–Kier alpha value is -5.68. The fourth-order valence-corrected chi connectivity index (χ4v) is 10.4. The van der Waals surface area contributed by atoms with Gasteiger partial charge in [-0.2, -0.15) is 5.26 Å². The van der Waals surface area contributed by atoms with E-state index in [9.17, 15) is 38.0 Å². The predicted octanol–water partition coefficient (Wildman–Crippen LogP) is 5.40. The number of hydrogen-bond donors (Lipinski definition) is 1. The number of anilines is 2. The normalized spacial score (nSPS) is 23.5. The highest BCUT2D eigenvalue weighted by molar-refractivity contribution is 6.23. The van der Waals surface area contributed by atoms with Crippen molar-refractivity contribution in [2.45, 2.75) is 89.5 Å². The molecule has 4 saturated heterocycles. The molecule has 2 atom stereocenters. The molecular formula is C44H45F2N7O5. The number of halogens is 2. The van der Waals surface area contributed by atoms with Gasteiger partial charge in [0.15, 0.2) is 0 Å². The predicted molar refractivity (Wildman–Crippen MR) is 209 cm³/mol. The molecular weight excluding hydrogens is 745 g/mol. The number of carbonyl (C=O) groups is 5. The molecule has 0 aliphatic carbocycles. The van der Waals surface area contributed by atoms with Gasteiger partial charge in [0.1, 0.15) is 6.04 Å². The first-order chi connectivity index (χ1) is 27.9. The molecule has 1 N–H and O–H groups in total. The number of carbonyl (C=O) groups excluding carboxylic acids is 5. The lowest BCUT2D eigenvalue weighted by Crippen LogP contribution is -2.54. The number of nitrogens with one attached hydrogen (secondary N) is 1. The summed E-state index contributed by atoms with van der Waals surface area (Å²) in [5.74, 6) is -2.00. The van der Waals surface area contributed by atoms with E-state index in [2.05, 4.69) is 26.9 Å². The summed E-state index contributed by atoms with van der Waals surface area (Å²) in [6.07, 6.45) is 2.06. The van der Waals surface area contributed by atoms with E-state index in [-0.39, 0.29) is 47.4 Å². The van der Waals surface area contributed by atoms with Gasteiger partial charge in [-0.1, -0.05) is 0 Å². The molecule has 12 nitrogen and oxygen atoms in total. The van der Waals surface area contributed by atoms with Crippen molar-refractivity contribution in [1.82, 2.24) is 20.0 Å². The number of benzene rings is 3. The van der Waals surface area contributed by atoms with Crippen LogP contribution in [0.1, 0.15) is 112 Å². The Labute approximate surface area is 335 Å². The van der Waals surface area contributed by atoms with Crippen LogP contribution in [0.25, 0.3) is 0 Å². The number of imide groups is 2. The van der Waals surface area contributed by atoms with Crippen LogP contribution in [0.2, 0.25) is 0 Å². The first kappa shape index (κ1) is 37.9. The van der Waals surface area contributed by atoms with E-state index in [0.717, 1.165) is 79.1 Å². The van der Waals surface area contributed by atoms with Gasteiger partial charge in [0.2, 0.25) is 11.8 Å². The van der Waals surface area contributed by atoms with Gasteiger partial charge < -0.3 is 14.7 Å². The highest BCUT2D eigenvalue weighted by Gasteiger charge is 2.47. The van der Waals surface area contributed by atoms with Crippen LogP contribution < -0.4 is 15.1 Å². The molecule has 14 heteroatoms. The van der Waals surface area contributed by atoms with Gasteiger partial charge in [-0.05, 0) is 117 Å². The van der Waals surface area contributed by atoms with Crippen LogP contribution in [-0.2, 0) is 22.7 Å². The molecule has 1 unspecified atom stereocenters. The van der Waals surface area contributed by atoms with E-state index < -0.39 is 36.1 Å². The second-order valence-corrected chi connectivity index (χ2v) is 16.9. The molecule has 6 heterocycles. The molecule has 6 aliphatic rings. The monoisotopic (exact) mass is 789 g/mol. The zero-order chi connectivity index (χ0) is 40.5. The van der Waals surface area contributed by atoms with Crippen LogP contribution >= 0.6 is 0 Å². The summed E-state index contributed by atoms with van der Waals surface area (Å²) in [4.78, 5) is 74.2. The minimum Gasteiger partial charge on any atom is -0.371 e. The van der Waals surface area contributed by atoms with Crippen molar-refractivity contribution in [3.63, 3.8) is 0 Å². The number of amides is 5. The third-order valence-electron chi connectivity index (χ3n) is 13.6. The van der Waals surface area contributed by atoms with Crippen LogP contribution in [0.4, 0.5) is 20.2 Å². The lowest BCUT2D eigenvalue weighted by molar-refractivity contribution is -0.136. The van der Waals surface area contributed by atoms with E-state index in [0.29, 0.717) is 42.9 Å². The maximum absolute atomic E-state index is 13.7. The number of nitrogens with zero attached hydrogens (tertiary/aromatic N) is 6. The topological polar surface area (TPSA) is 137 Å². The van der Waals surface area contributed by atoms with Crippen molar-refractivity contribution in [1.29, 1.82) is 5.26 Å². The van der Waals surface area contributed by atoms with Crippen LogP contribution in [0.3, 0.4) is 0 Å². The summed E-state index contributed by atoms with van der Waals surface area (Å²) in [7, 11) is 0. The SMILES string of the molecule is C[C@H]1CC2(CCN(c3ccc(C(=O)N4CCC(N5Cc6cc7c(cc6C5)C(=O)N(C5CCC(=O)NC5=O)C7=O)CC4)cc3)CC2)CN1c1ccc(C#N)c(C(F)F)c1. The fourth-order valence-electron chi connectivity index (χ4n) is 10.4. The molecule has 0 bridgehead atoms. The van der Waals surface area contributed by atoms with Gasteiger partial charge in [-0.15, -0.1) is 0 Å². The van der Waals surface area contributed by atoms with Gasteiger partial charge in [0.05, 0.1) is 22.8 Å². The number of rotatable bonds is 6. The van der Waals surface area contributed by atoms with E-state index in [1.165, 1.54) is 12.1 Å². The lowest BCUT2D eigenvalue weighted by Gasteiger charge is -2.40. The zero-order valence-corrected chi connectivity index (χ0v) is 32.4. The number of nitriles is 1. The second kappa shape index (κ2) is 14.6. The Morgan fingerprint density at radius 1 is 0.862 bits per heavy atom. The maximum atomic E-state index is 13.7. The summed E-state index contributed by atoms with van der Waals surface area (Å²) in [6, 6.07) is 17.6. The highest BCUT2D eigenvalue weighted by Crippen LogP contribution is 2.46. The standard InChI is InChI=1S/C44H45F2N7O5/c1-26-21-44(25-52(26)33-7-4-28(22-47)34(20-33)39(45)46)12-16-49(17-13-44)31-5-2-27(3-6-31)41(56)50-14-10-32(11-15-50)51-23-29-18-35-36(19-30(29)24-51)43(58)53(42(35)57)37-8-9-38(54)48-40(37)55/h2-7,18-20,26,32,37,39H,8-17,21,23-25H2,1H3,(H,48,54,55)/t26-,37?/m0/s1. The summed E-state index contributed by atoms with van der Waals surface area (Å²) in [5.41, 5.74) is 4.96. The second-order valence-electron chi connectivity index (χ2n) is 16.9. The van der Waals surface area contributed by atoms with Crippen LogP contribution in [-0.4, -0.2) is 95.1 Å². The number of hydrogen-bond acceptors (Lipinski definition) is 9. The van der Waals surface area contributed by atoms with E-state index in [1.807, 2.05) is 35.2 Å².